The summed E-state index contributed by atoms with van der Waals surface area (Å²) < 4.78 is 47.2. The van der Waals surface area contributed by atoms with Crippen molar-refractivity contribution in [3.8, 4) is 11.1 Å². The molecule has 1 fully saturated rings. The van der Waals surface area contributed by atoms with Crippen LogP contribution in [0.5, 0.6) is 0 Å². The molecule has 1 heterocycles. The number of ether oxygens (including phenoxy) is 1. The van der Waals surface area contributed by atoms with Crippen LogP contribution >= 0.6 is 0 Å². The van der Waals surface area contributed by atoms with Gasteiger partial charge in [0.25, 0.3) is 5.91 Å². The van der Waals surface area contributed by atoms with Crippen molar-refractivity contribution in [3.05, 3.63) is 59.7 Å². The monoisotopic (exact) mass is 492 g/mol. The summed E-state index contributed by atoms with van der Waals surface area (Å²) in [7, 11) is 0. The maximum atomic E-state index is 14.0. The van der Waals surface area contributed by atoms with Gasteiger partial charge in [-0.15, -0.1) is 0 Å². The number of β-amino-alcohol motifs (C(OH)–C–C–N with tert-alkyl or cyclic N) is 1. The van der Waals surface area contributed by atoms with Gasteiger partial charge in [-0.1, -0.05) is 48.5 Å². The van der Waals surface area contributed by atoms with Crippen LogP contribution in [0, 0.1) is 0 Å². The van der Waals surface area contributed by atoms with E-state index in [2.05, 4.69) is 0 Å². The molecule has 1 saturated heterocycles. The minimum Gasteiger partial charge on any atom is -0.480 e. The number of carboxylic acids is 1. The molecule has 8 nitrogen and oxygen atoms in total. The lowest BCUT2D eigenvalue weighted by atomic mass is 9.98. The molecule has 0 radical (unpaired) electrons. The Labute approximate surface area is 198 Å². The fourth-order valence-corrected chi connectivity index (χ4v) is 4.64. The fourth-order valence-electron chi connectivity index (χ4n) is 4.64. The average Bonchev–Trinajstić information content (AvgIpc) is 3.34. The number of alkyl halides is 3. The quantitative estimate of drug-likeness (QED) is 0.591. The van der Waals surface area contributed by atoms with Gasteiger partial charge >= 0.3 is 18.2 Å². The Morgan fingerprint density at radius 2 is 1.60 bits per heavy atom. The number of fused-ring (bicyclic) bond motifs is 3. The van der Waals surface area contributed by atoms with Crippen molar-refractivity contribution < 1.29 is 42.5 Å². The lowest BCUT2D eigenvalue weighted by Crippen LogP contribution is -2.67. The van der Waals surface area contributed by atoms with E-state index >= 15 is 0 Å². The number of aliphatic hydroxyl groups excluding tert-OH is 1. The Kier molecular flexibility index (Phi) is 6.22. The molecule has 35 heavy (non-hydrogen) atoms. The number of hydrogen-bond acceptors (Lipinski definition) is 5. The molecule has 2 aliphatic rings. The smallest absolute Gasteiger partial charge is 0.420 e. The van der Waals surface area contributed by atoms with Gasteiger partial charge in [-0.3, -0.25) is 10.1 Å². The van der Waals surface area contributed by atoms with Crippen LogP contribution in [0.3, 0.4) is 0 Å². The summed E-state index contributed by atoms with van der Waals surface area (Å²) in [6, 6.07) is 13.2. The summed E-state index contributed by atoms with van der Waals surface area (Å²) in [5, 5.41) is 20.6. The fraction of sp³-hybridized carbons (Fsp3) is 0.375. The Balaban J connectivity index is 1.52. The largest absolute Gasteiger partial charge is 0.480 e. The minimum atomic E-state index is -5.27. The van der Waals surface area contributed by atoms with E-state index in [1.807, 2.05) is 36.4 Å². The predicted molar refractivity (Wildman–Crippen MR) is 116 cm³/mol. The summed E-state index contributed by atoms with van der Waals surface area (Å²) >= 11 is 0. The molecule has 3 atom stereocenters. The zero-order valence-corrected chi connectivity index (χ0v) is 18.6. The third kappa shape index (κ3) is 4.31. The number of carbonyl (C=O) groups is 3. The molecule has 4 rings (SSSR count). The zero-order valence-electron chi connectivity index (χ0n) is 18.6. The van der Waals surface area contributed by atoms with Gasteiger partial charge in [-0.2, -0.15) is 13.2 Å². The maximum Gasteiger partial charge on any atom is 0.420 e. The second kappa shape index (κ2) is 8.88. The number of alkyl carbamates (subject to hydrolysis) is 1. The van der Waals surface area contributed by atoms with Crippen LogP contribution in [-0.4, -0.2) is 70.1 Å². The topological polar surface area (TPSA) is 116 Å². The van der Waals surface area contributed by atoms with Crippen molar-refractivity contribution in [2.75, 3.05) is 13.2 Å². The Bertz CT molecular complexity index is 1120. The lowest BCUT2D eigenvalue weighted by molar-refractivity contribution is -0.201. The summed E-state index contributed by atoms with van der Waals surface area (Å²) in [4.78, 5) is 37.2. The van der Waals surface area contributed by atoms with Gasteiger partial charge in [-0.05, 0) is 29.2 Å². The predicted octanol–water partition coefficient (Wildman–Crippen LogP) is 2.89. The molecule has 2 aromatic rings. The minimum absolute atomic E-state index is 0.276. The molecule has 2 aromatic carbocycles. The van der Waals surface area contributed by atoms with Gasteiger partial charge in [0.15, 0.2) is 0 Å². The van der Waals surface area contributed by atoms with Crippen LogP contribution in [-0.2, 0) is 14.3 Å². The number of halogens is 3. The number of benzene rings is 2. The van der Waals surface area contributed by atoms with E-state index in [1.54, 1.807) is 17.4 Å². The van der Waals surface area contributed by atoms with Gasteiger partial charge in [0.05, 0.1) is 6.10 Å². The third-order valence-electron chi connectivity index (χ3n) is 6.52. The first-order valence-corrected chi connectivity index (χ1v) is 10.9. The molecule has 1 unspecified atom stereocenters. The van der Waals surface area contributed by atoms with E-state index in [0.29, 0.717) is 11.8 Å². The normalized spacial score (nSPS) is 21.1. The number of nitrogens with zero attached hydrogens (tertiary/aromatic N) is 1. The standard InChI is InChI=1S/C24H23F3N2O6/c1-23(24(25,26)27,21(33)29-11-13(30)10-19(29)20(31)32)28-22(34)35-12-18-16-8-4-2-6-14(16)15-7-3-5-9-17(15)18/h2-9,13,18-19,30H,10-12H2,1H3,(H,28,34)(H,31,32)/t13-,19+,23?/m1/s1. The number of hydrogen-bond donors (Lipinski definition) is 3. The SMILES string of the molecule is CC(NC(=O)OCC1c2ccccc2-c2ccccc21)(C(=O)N1C[C@H](O)C[C@H]1C(=O)O)C(F)(F)F. The van der Waals surface area contributed by atoms with E-state index < -0.39 is 60.7 Å². The second-order valence-corrected chi connectivity index (χ2v) is 8.77. The maximum absolute atomic E-state index is 14.0. The molecule has 1 aliphatic heterocycles. The van der Waals surface area contributed by atoms with Crippen LogP contribution in [0.4, 0.5) is 18.0 Å². The molecule has 2 amide bonds. The number of amides is 2. The van der Waals surface area contributed by atoms with E-state index in [1.165, 1.54) is 0 Å². The van der Waals surface area contributed by atoms with Gasteiger partial charge in [0.1, 0.15) is 12.6 Å². The Hall–Kier alpha value is -3.60. The number of rotatable bonds is 5. The van der Waals surface area contributed by atoms with Crippen molar-refractivity contribution in [1.82, 2.24) is 10.2 Å². The first kappa shape index (κ1) is 24.5. The van der Waals surface area contributed by atoms with E-state index in [0.717, 1.165) is 22.3 Å². The van der Waals surface area contributed by atoms with Gasteiger partial charge in [0, 0.05) is 18.9 Å². The van der Waals surface area contributed by atoms with Crippen LogP contribution in [0.1, 0.15) is 30.4 Å². The number of aliphatic carboxylic acids is 1. The Morgan fingerprint density at radius 1 is 1.06 bits per heavy atom. The number of likely N-dealkylation sites (tertiary alicyclic amines) is 1. The van der Waals surface area contributed by atoms with Crippen LogP contribution < -0.4 is 5.32 Å². The molecular formula is C24H23F3N2O6. The first-order chi connectivity index (χ1) is 16.4. The molecule has 11 heteroatoms. The highest BCUT2D eigenvalue weighted by Gasteiger charge is 2.61. The molecule has 1 aliphatic carbocycles. The van der Waals surface area contributed by atoms with Crippen LogP contribution in [0.2, 0.25) is 0 Å². The highest BCUT2D eigenvalue weighted by molar-refractivity contribution is 5.93. The van der Waals surface area contributed by atoms with Crippen LogP contribution in [0.15, 0.2) is 48.5 Å². The van der Waals surface area contributed by atoms with Crippen molar-refractivity contribution in [2.24, 2.45) is 0 Å². The van der Waals surface area contributed by atoms with E-state index in [-0.39, 0.29) is 6.61 Å². The first-order valence-electron chi connectivity index (χ1n) is 10.9. The third-order valence-corrected chi connectivity index (χ3v) is 6.52. The van der Waals surface area contributed by atoms with Gasteiger partial charge in [-0.25, -0.2) is 9.59 Å². The lowest BCUT2D eigenvalue weighted by Gasteiger charge is -2.35. The summed E-state index contributed by atoms with van der Waals surface area (Å²) in [6.07, 6.45) is -8.47. The summed E-state index contributed by atoms with van der Waals surface area (Å²) in [5.74, 6) is -3.66. The van der Waals surface area contributed by atoms with Crippen molar-refractivity contribution >= 4 is 18.0 Å². The zero-order chi connectivity index (χ0) is 25.5. The molecular weight excluding hydrogens is 469 g/mol. The molecule has 0 aromatic heterocycles. The van der Waals surface area contributed by atoms with Gasteiger partial charge in [0.2, 0.25) is 5.54 Å². The number of aliphatic hydroxyl groups is 1. The summed E-state index contributed by atoms with van der Waals surface area (Å²) in [5.41, 5.74) is 0.102. The number of carboxylic acid groups (broad SMARTS) is 1. The Morgan fingerprint density at radius 3 is 2.11 bits per heavy atom. The van der Waals surface area contributed by atoms with E-state index in [4.69, 9.17) is 4.74 Å². The molecule has 0 spiro atoms. The molecule has 0 bridgehead atoms. The number of carbonyl (C=O) groups excluding carboxylic acids is 2. The van der Waals surface area contributed by atoms with Gasteiger partial charge < -0.3 is 19.8 Å². The highest BCUT2D eigenvalue weighted by atomic mass is 19.4. The van der Waals surface area contributed by atoms with Crippen molar-refractivity contribution in [3.63, 3.8) is 0 Å². The highest BCUT2D eigenvalue weighted by Crippen LogP contribution is 2.44. The molecule has 186 valence electrons. The van der Waals surface area contributed by atoms with Crippen molar-refractivity contribution in [1.29, 1.82) is 0 Å². The van der Waals surface area contributed by atoms with E-state index in [9.17, 15) is 37.8 Å². The second-order valence-electron chi connectivity index (χ2n) is 8.77. The van der Waals surface area contributed by atoms with Crippen LogP contribution in [0.25, 0.3) is 11.1 Å². The van der Waals surface area contributed by atoms with Crippen molar-refractivity contribution in [2.45, 2.75) is 43.1 Å². The average molecular weight is 492 g/mol. The molecule has 0 saturated carbocycles. The summed E-state index contributed by atoms with van der Waals surface area (Å²) in [6.45, 7) is -0.434. The molecule has 3 N–H and O–H groups in total. The number of nitrogens with one attached hydrogen (secondary N) is 1.